The van der Waals surface area contributed by atoms with Gasteiger partial charge >= 0.3 is 0 Å². The lowest BCUT2D eigenvalue weighted by Crippen LogP contribution is -2.37. The molecule has 3 aromatic rings. The monoisotopic (exact) mass is 401 g/mol. The molecule has 1 fully saturated rings. The minimum atomic E-state index is 0.0263. The summed E-state index contributed by atoms with van der Waals surface area (Å²) < 4.78 is 0. The van der Waals surface area contributed by atoms with Gasteiger partial charge in [-0.1, -0.05) is 44.2 Å². The van der Waals surface area contributed by atoms with Crippen LogP contribution in [0, 0.1) is 5.92 Å². The Hall–Kier alpha value is -3.28. The van der Waals surface area contributed by atoms with E-state index in [1.54, 1.807) is 12.4 Å². The Balaban J connectivity index is 1.49. The van der Waals surface area contributed by atoms with E-state index in [1.165, 1.54) is 0 Å². The van der Waals surface area contributed by atoms with Gasteiger partial charge in [-0.05, 0) is 48.1 Å². The summed E-state index contributed by atoms with van der Waals surface area (Å²) in [7, 11) is 0. The quantitative estimate of drug-likeness (QED) is 0.638. The maximum atomic E-state index is 12.4. The van der Waals surface area contributed by atoms with E-state index in [4.69, 9.17) is 0 Å². The Bertz CT molecular complexity index is 1000. The number of pyridine rings is 1. The number of nitrogens with one attached hydrogen (secondary N) is 1. The van der Waals surface area contributed by atoms with Crippen LogP contribution >= 0.6 is 0 Å². The van der Waals surface area contributed by atoms with Crippen molar-refractivity contribution in [2.75, 3.05) is 10.2 Å². The molecule has 4 rings (SSSR count). The van der Waals surface area contributed by atoms with Crippen molar-refractivity contribution in [2.24, 2.45) is 5.92 Å². The van der Waals surface area contributed by atoms with Crippen molar-refractivity contribution in [3.05, 3.63) is 66.6 Å². The Kier molecular flexibility index (Phi) is 5.74. The van der Waals surface area contributed by atoms with Crippen molar-refractivity contribution >= 4 is 17.7 Å². The molecule has 0 saturated carbocycles. The summed E-state index contributed by atoms with van der Waals surface area (Å²) in [5.74, 6) is 1.73. The number of rotatable bonds is 6. The second-order valence-electron chi connectivity index (χ2n) is 8.08. The van der Waals surface area contributed by atoms with Crippen LogP contribution in [0.15, 0.2) is 61.1 Å². The Morgan fingerprint density at radius 3 is 2.53 bits per heavy atom. The van der Waals surface area contributed by atoms with Gasteiger partial charge in [-0.2, -0.15) is 4.98 Å². The number of benzene rings is 1. The van der Waals surface area contributed by atoms with Gasteiger partial charge in [0.15, 0.2) is 0 Å². The van der Waals surface area contributed by atoms with Crippen molar-refractivity contribution in [3.8, 4) is 11.1 Å². The summed E-state index contributed by atoms with van der Waals surface area (Å²) in [5.41, 5.74) is 3.36. The zero-order valence-corrected chi connectivity index (χ0v) is 17.6. The number of carbonyl (C=O) groups is 1. The van der Waals surface area contributed by atoms with Crippen molar-refractivity contribution in [1.29, 1.82) is 0 Å². The molecule has 3 heterocycles. The number of hydrogen-bond acceptors (Lipinski definition) is 5. The summed E-state index contributed by atoms with van der Waals surface area (Å²) in [6, 6.07) is 14.4. The maximum Gasteiger partial charge on any atom is 0.228 e. The van der Waals surface area contributed by atoms with E-state index in [0.717, 1.165) is 23.1 Å². The third-order valence-electron chi connectivity index (χ3n) is 5.66. The lowest BCUT2D eigenvalue weighted by molar-refractivity contribution is -0.117. The van der Waals surface area contributed by atoms with Gasteiger partial charge < -0.3 is 5.32 Å². The van der Waals surface area contributed by atoms with Crippen LogP contribution in [0.1, 0.15) is 45.2 Å². The third-order valence-corrected chi connectivity index (χ3v) is 5.66. The Labute approximate surface area is 177 Å². The lowest BCUT2D eigenvalue weighted by atomic mass is 10.0. The molecule has 1 saturated heterocycles. The van der Waals surface area contributed by atoms with E-state index in [9.17, 15) is 4.79 Å². The molecule has 6 nitrogen and oxygen atoms in total. The fourth-order valence-electron chi connectivity index (χ4n) is 3.96. The fraction of sp³-hybridized carbons (Fsp3) is 0.333. The lowest BCUT2D eigenvalue weighted by Gasteiger charge is -2.27. The molecule has 1 aliphatic heterocycles. The highest BCUT2D eigenvalue weighted by atomic mass is 16.2. The molecule has 0 spiro atoms. The van der Waals surface area contributed by atoms with Gasteiger partial charge in [0.25, 0.3) is 0 Å². The van der Waals surface area contributed by atoms with Gasteiger partial charge in [-0.15, -0.1) is 0 Å². The summed E-state index contributed by atoms with van der Waals surface area (Å²) in [6.45, 7) is 6.37. The first kappa shape index (κ1) is 20.0. The van der Waals surface area contributed by atoms with E-state index >= 15 is 0 Å². The zero-order chi connectivity index (χ0) is 21.1. The van der Waals surface area contributed by atoms with Crippen LogP contribution in [-0.2, 0) is 4.79 Å². The molecular formula is C24H27N5O. The van der Waals surface area contributed by atoms with Crippen LogP contribution < -0.4 is 10.2 Å². The molecule has 1 unspecified atom stereocenters. The molecule has 2 atom stereocenters. The predicted octanol–water partition coefficient (Wildman–Crippen LogP) is 4.86. The van der Waals surface area contributed by atoms with Gasteiger partial charge in [0, 0.05) is 31.1 Å². The topological polar surface area (TPSA) is 71.0 Å². The van der Waals surface area contributed by atoms with Gasteiger partial charge in [-0.3, -0.25) is 14.7 Å². The van der Waals surface area contributed by atoms with E-state index in [2.05, 4.69) is 65.3 Å². The van der Waals surface area contributed by atoms with E-state index < -0.39 is 0 Å². The summed E-state index contributed by atoms with van der Waals surface area (Å²) >= 11 is 0. The molecular weight excluding hydrogens is 374 g/mol. The molecule has 1 aliphatic rings. The van der Waals surface area contributed by atoms with Crippen molar-refractivity contribution < 1.29 is 4.79 Å². The van der Waals surface area contributed by atoms with E-state index in [-0.39, 0.29) is 18.0 Å². The van der Waals surface area contributed by atoms with Gasteiger partial charge in [0.05, 0.1) is 6.04 Å². The SMILES string of the molecule is CC(Nc1nccc(N2C(=O)CC[C@@H]2C(C)C)n1)c1ccc(-c2cccnc2)cc1. The summed E-state index contributed by atoms with van der Waals surface area (Å²) in [4.78, 5) is 27.5. The smallest absolute Gasteiger partial charge is 0.228 e. The summed E-state index contributed by atoms with van der Waals surface area (Å²) in [5, 5.41) is 3.37. The average Bonchev–Trinajstić information content (AvgIpc) is 3.16. The maximum absolute atomic E-state index is 12.4. The van der Waals surface area contributed by atoms with Gasteiger partial charge in [0.2, 0.25) is 11.9 Å². The number of amides is 1. The van der Waals surface area contributed by atoms with Crippen molar-refractivity contribution in [2.45, 2.75) is 45.7 Å². The fourth-order valence-corrected chi connectivity index (χ4v) is 3.96. The van der Waals surface area contributed by atoms with Crippen LogP contribution in [0.25, 0.3) is 11.1 Å². The molecule has 1 amide bonds. The van der Waals surface area contributed by atoms with Crippen LogP contribution in [0.2, 0.25) is 0 Å². The highest BCUT2D eigenvalue weighted by Crippen LogP contribution is 2.30. The summed E-state index contributed by atoms with van der Waals surface area (Å²) in [6.07, 6.45) is 6.81. The highest BCUT2D eigenvalue weighted by molar-refractivity contribution is 5.95. The van der Waals surface area contributed by atoms with Gasteiger partial charge in [0.1, 0.15) is 5.82 Å². The molecule has 0 bridgehead atoms. The average molecular weight is 402 g/mol. The molecule has 154 valence electrons. The number of nitrogens with zero attached hydrogens (tertiary/aromatic N) is 4. The normalized spacial score (nSPS) is 17.4. The molecule has 2 aromatic heterocycles. The van der Waals surface area contributed by atoms with Crippen molar-refractivity contribution in [1.82, 2.24) is 15.0 Å². The molecule has 1 aromatic carbocycles. The van der Waals surface area contributed by atoms with E-state index in [0.29, 0.717) is 24.1 Å². The van der Waals surface area contributed by atoms with Crippen LogP contribution in [0.3, 0.4) is 0 Å². The molecule has 0 aliphatic carbocycles. The number of carbonyl (C=O) groups excluding carboxylic acids is 1. The first-order valence-corrected chi connectivity index (χ1v) is 10.4. The zero-order valence-electron chi connectivity index (χ0n) is 17.6. The van der Waals surface area contributed by atoms with Crippen molar-refractivity contribution in [3.63, 3.8) is 0 Å². The minimum absolute atomic E-state index is 0.0263. The van der Waals surface area contributed by atoms with E-state index in [1.807, 2.05) is 29.3 Å². The standard InChI is InChI=1S/C24H27N5O/c1-16(2)21-10-11-23(30)29(21)22-12-14-26-24(28-22)27-17(3)18-6-8-19(9-7-18)20-5-4-13-25-15-20/h4-9,12-17,21H,10-11H2,1-3H3,(H,26,27,28)/t17?,21-/m1/s1. The molecule has 1 N–H and O–H groups in total. The minimum Gasteiger partial charge on any atom is -0.348 e. The number of anilines is 2. The third kappa shape index (κ3) is 4.17. The van der Waals surface area contributed by atoms with Crippen LogP contribution in [0.4, 0.5) is 11.8 Å². The first-order valence-electron chi connectivity index (χ1n) is 10.4. The largest absolute Gasteiger partial charge is 0.348 e. The highest BCUT2D eigenvalue weighted by Gasteiger charge is 2.35. The predicted molar refractivity (Wildman–Crippen MR) is 119 cm³/mol. The first-order chi connectivity index (χ1) is 14.5. The van der Waals surface area contributed by atoms with Crippen LogP contribution in [-0.4, -0.2) is 26.9 Å². The van der Waals surface area contributed by atoms with Crippen LogP contribution in [0.5, 0.6) is 0 Å². The molecule has 6 heteroatoms. The second-order valence-corrected chi connectivity index (χ2v) is 8.08. The van der Waals surface area contributed by atoms with Gasteiger partial charge in [-0.25, -0.2) is 4.98 Å². The Morgan fingerprint density at radius 2 is 1.83 bits per heavy atom. The number of hydrogen-bond donors (Lipinski definition) is 1. The second kappa shape index (κ2) is 8.61. The molecule has 0 radical (unpaired) electrons. The Morgan fingerprint density at radius 1 is 1.03 bits per heavy atom. The number of aromatic nitrogens is 3. The molecule has 30 heavy (non-hydrogen) atoms.